The summed E-state index contributed by atoms with van der Waals surface area (Å²) in [6, 6.07) is 21.6. The molecule has 3 nitrogen and oxygen atoms in total. The molecule has 3 rings (SSSR count). The largest absolute Gasteiger partial charge is 0.456 e. The van der Waals surface area contributed by atoms with Crippen LogP contribution in [0.5, 0.6) is 0 Å². The van der Waals surface area contributed by atoms with Gasteiger partial charge in [-0.15, -0.1) is 0 Å². The van der Waals surface area contributed by atoms with Gasteiger partial charge in [-0.05, 0) is 88.4 Å². The fraction of sp³-hybridized carbons (Fsp3) is 0.273. The van der Waals surface area contributed by atoms with Crippen LogP contribution >= 0.6 is 0 Å². The summed E-state index contributed by atoms with van der Waals surface area (Å²) >= 11 is 0. The topological polar surface area (TPSA) is 37.2 Å². The second-order valence-corrected chi connectivity index (χ2v) is 6.92. The number of furan rings is 1. The van der Waals surface area contributed by atoms with Gasteiger partial charge in [0.1, 0.15) is 11.5 Å². The van der Waals surface area contributed by atoms with E-state index in [-0.39, 0.29) is 0 Å². The first kappa shape index (κ1) is 17.2. The van der Waals surface area contributed by atoms with Crippen molar-refractivity contribution in [3.63, 3.8) is 0 Å². The van der Waals surface area contributed by atoms with Crippen LogP contribution in [-0.2, 0) is 0 Å². The second kappa shape index (κ2) is 7.47. The van der Waals surface area contributed by atoms with Gasteiger partial charge in [-0.2, -0.15) is 0 Å². The van der Waals surface area contributed by atoms with E-state index in [2.05, 4.69) is 86.9 Å². The Bertz CT molecular complexity index is 731. The Hall–Kier alpha value is -2.68. The number of benzene rings is 2. The fourth-order valence-corrected chi connectivity index (χ4v) is 2.78. The maximum atomic E-state index is 6.06. The molecule has 2 N–H and O–H groups in total. The Labute approximate surface area is 150 Å². The second-order valence-electron chi connectivity index (χ2n) is 6.92. The molecule has 0 saturated carbocycles. The van der Waals surface area contributed by atoms with Crippen LogP contribution in [-0.4, -0.2) is 12.1 Å². The quantitative estimate of drug-likeness (QED) is 0.559. The van der Waals surface area contributed by atoms with Gasteiger partial charge in [0.2, 0.25) is 0 Å². The molecule has 130 valence electrons. The van der Waals surface area contributed by atoms with Crippen molar-refractivity contribution in [3.05, 3.63) is 60.7 Å². The summed E-state index contributed by atoms with van der Waals surface area (Å²) < 4.78 is 6.06. The summed E-state index contributed by atoms with van der Waals surface area (Å²) in [5, 5.41) is 6.79. The molecule has 0 fully saturated rings. The first-order valence-electron chi connectivity index (χ1n) is 8.85. The summed E-state index contributed by atoms with van der Waals surface area (Å²) in [4.78, 5) is 0. The minimum Gasteiger partial charge on any atom is -0.456 e. The normalized spacial score (nSPS) is 11.1. The minimum absolute atomic E-state index is 0.425. The number of anilines is 2. The molecule has 0 aliphatic carbocycles. The molecule has 0 atom stereocenters. The third kappa shape index (κ3) is 4.44. The predicted molar refractivity (Wildman–Crippen MR) is 107 cm³/mol. The van der Waals surface area contributed by atoms with E-state index in [4.69, 9.17) is 4.42 Å². The molecule has 0 aliphatic heterocycles. The Morgan fingerprint density at radius 2 is 0.920 bits per heavy atom. The summed E-state index contributed by atoms with van der Waals surface area (Å²) in [5.41, 5.74) is 4.41. The van der Waals surface area contributed by atoms with Gasteiger partial charge in [-0.25, -0.2) is 0 Å². The summed E-state index contributed by atoms with van der Waals surface area (Å²) in [6.45, 7) is 8.53. The Morgan fingerprint density at radius 3 is 1.24 bits per heavy atom. The first-order valence-corrected chi connectivity index (χ1v) is 8.85. The maximum absolute atomic E-state index is 6.06. The van der Waals surface area contributed by atoms with Gasteiger partial charge in [-0.3, -0.25) is 0 Å². The van der Waals surface area contributed by atoms with E-state index in [0.717, 1.165) is 34.0 Å². The lowest BCUT2D eigenvalue weighted by Gasteiger charge is -2.10. The van der Waals surface area contributed by atoms with Gasteiger partial charge in [0.15, 0.2) is 0 Å². The van der Waals surface area contributed by atoms with E-state index in [1.54, 1.807) is 0 Å². The highest BCUT2D eigenvalue weighted by molar-refractivity contribution is 5.67. The lowest BCUT2D eigenvalue weighted by atomic mass is 10.1. The van der Waals surface area contributed by atoms with E-state index >= 15 is 0 Å². The highest BCUT2D eigenvalue weighted by Crippen LogP contribution is 2.30. The molecule has 0 spiro atoms. The van der Waals surface area contributed by atoms with Gasteiger partial charge < -0.3 is 15.1 Å². The van der Waals surface area contributed by atoms with E-state index < -0.39 is 0 Å². The minimum atomic E-state index is 0.425. The van der Waals surface area contributed by atoms with Crippen LogP contribution in [0.15, 0.2) is 65.1 Å². The maximum Gasteiger partial charge on any atom is 0.134 e. The van der Waals surface area contributed by atoms with E-state index in [1.165, 1.54) is 0 Å². The van der Waals surface area contributed by atoms with Crippen molar-refractivity contribution >= 4 is 11.4 Å². The molecule has 0 saturated heterocycles. The Balaban J connectivity index is 1.75. The van der Waals surface area contributed by atoms with Gasteiger partial charge >= 0.3 is 0 Å². The van der Waals surface area contributed by atoms with Crippen LogP contribution in [0, 0.1) is 0 Å². The predicted octanol–water partition coefficient (Wildman–Crippen LogP) is 6.25. The van der Waals surface area contributed by atoms with Crippen molar-refractivity contribution in [2.45, 2.75) is 39.8 Å². The molecule has 2 aromatic carbocycles. The van der Waals surface area contributed by atoms with Gasteiger partial charge in [-0.1, -0.05) is 0 Å². The van der Waals surface area contributed by atoms with Crippen LogP contribution in [0.4, 0.5) is 11.4 Å². The third-order valence-corrected chi connectivity index (χ3v) is 3.86. The van der Waals surface area contributed by atoms with Crippen molar-refractivity contribution in [2.24, 2.45) is 0 Å². The number of rotatable bonds is 6. The van der Waals surface area contributed by atoms with Crippen molar-refractivity contribution < 1.29 is 4.42 Å². The van der Waals surface area contributed by atoms with E-state index in [0.29, 0.717) is 12.1 Å². The zero-order valence-corrected chi connectivity index (χ0v) is 15.3. The van der Waals surface area contributed by atoms with Crippen LogP contribution in [0.3, 0.4) is 0 Å². The lowest BCUT2D eigenvalue weighted by molar-refractivity contribution is 0.597. The highest BCUT2D eigenvalue weighted by Gasteiger charge is 2.07. The molecule has 0 unspecified atom stereocenters. The number of nitrogens with one attached hydrogen (secondary N) is 2. The molecule has 1 heterocycles. The molecule has 25 heavy (non-hydrogen) atoms. The Morgan fingerprint density at radius 1 is 0.560 bits per heavy atom. The van der Waals surface area contributed by atoms with Crippen LogP contribution in [0.2, 0.25) is 0 Å². The molecule has 0 aliphatic rings. The lowest BCUT2D eigenvalue weighted by Crippen LogP contribution is -2.09. The molecule has 0 amide bonds. The van der Waals surface area contributed by atoms with Gasteiger partial charge in [0, 0.05) is 34.6 Å². The summed E-state index contributed by atoms with van der Waals surface area (Å²) in [5.74, 6) is 1.77. The van der Waals surface area contributed by atoms with Gasteiger partial charge in [0.25, 0.3) is 0 Å². The Kier molecular flexibility index (Phi) is 5.13. The van der Waals surface area contributed by atoms with Crippen molar-refractivity contribution in [1.29, 1.82) is 0 Å². The van der Waals surface area contributed by atoms with Crippen molar-refractivity contribution in [1.82, 2.24) is 0 Å². The average Bonchev–Trinajstić information content (AvgIpc) is 3.05. The molecular formula is C22H26N2O. The summed E-state index contributed by atoms with van der Waals surface area (Å²) in [6.07, 6.45) is 0. The molecule has 1 aromatic heterocycles. The fourth-order valence-electron chi connectivity index (χ4n) is 2.78. The molecule has 0 radical (unpaired) electrons. The monoisotopic (exact) mass is 334 g/mol. The molecular weight excluding hydrogens is 308 g/mol. The average molecular weight is 334 g/mol. The van der Waals surface area contributed by atoms with Crippen LogP contribution in [0.25, 0.3) is 22.6 Å². The summed E-state index contributed by atoms with van der Waals surface area (Å²) in [7, 11) is 0. The zero-order valence-electron chi connectivity index (χ0n) is 15.3. The third-order valence-electron chi connectivity index (χ3n) is 3.86. The standard InChI is InChI=1S/C22H26N2O/c1-15(2)23-19-9-5-17(6-10-19)21-13-14-22(25-21)18-7-11-20(12-8-18)24-16(3)4/h5-16,23-24H,1-4H3. The van der Waals surface area contributed by atoms with Gasteiger partial charge in [0.05, 0.1) is 0 Å². The van der Waals surface area contributed by atoms with Crippen molar-refractivity contribution in [3.8, 4) is 22.6 Å². The van der Waals surface area contributed by atoms with E-state index in [9.17, 15) is 0 Å². The molecule has 3 heteroatoms. The smallest absolute Gasteiger partial charge is 0.134 e. The SMILES string of the molecule is CC(C)Nc1ccc(-c2ccc(-c3ccc(NC(C)C)cc3)o2)cc1. The molecule has 3 aromatic rings. The zero-order chi connectivity index (χ0) is 17.8. The molecule has 0 bridgehead atoms. The van der Waals surface area contributed by atoms with Crippen LogP contribution in [0.1, 0.15) is 27.7 Å². The first-order chi connectivity index (χ1) is 12.0. The number of hydrogen-bond donors (Lipinski definition) is 2. The highest BCUT2D eigenvalue weighted by atomic mass is 16.3. The van der Waals surface area contributed by atoms with E-state index in [1.807, 2.05) is 12.1 Å². The van der Waals surface area contributed by atoms with Crippen LogP contribution < -0.4 is 10.6 Å². The van der Waals surface area contributed by atoms with Crippen molar-refractivity contribution in [2.75, 3.05) is 10.6 Å². The number of hydrogen-bond acceptors (Lipinski definition) is 3.